The molecule has 0 fully saturated rings. The number of likely N-dealkylation sites (N-methyl/N-ethyl adjacent to an activating group) is 1. The predicted molar refractivity (Wildman–Crippen MR) is 133 cm³/mol. The number of pyridine rings is 1. The van der Waals surface area contributed by atoms with Crippen molar-refractivity contribution in [1.82, 2.24) is 19.9 Å². The number of hydrogen-bond donors (Lipinski definition) is 1. The van der Waals surface area contributed by atoms with Crippen molar-refractivity contribution in [2.45, 2.75) is 0 Å². The molecule has 33 heavy (non-hydrogen) atoms. The van der Waals surface area contributed by atoms with Crippen LogP contribution in [0.1, 0.15) is 0 Å². The second kappa shape index (κ2) is 9.62. The van der Waals surface area contributed by atoms with Crippen LogP contribution in [0.15, 0.2) is 84.6 Å². The Bertz CT molecular complexity index is 1340. The number of anilines is 3. The smallest absolute Gasteiger partial charge is 0.227 e. The number of aromatic nitrogens is 4. The molecule has 0 aliphatic heterocycles. The first-order valence-corrected chi connectivity index (χ1v) is 11.4. The maximum absolute atomic E-state index is 5.90. The summed E-state index contributed by atoms with van der Waals surface area (Å²) < 4.78 is 7.02. The monoisotopic (exact) mass is 454 g/mol. The predicted octanol–water partition coefficient (Wildman–Crippen LogP) is 5.41. The summed E-state index contributed by atoms with van der Waals surface area (Å²) in [6.45, 7) is 1.31. The Morgan fingerprint density at radius 3 is 2.70 bits per heavy atom. The van der Waals surface area contributed by atoms with E-state index in [2.05, 4.69) is 36.2 Å². The summed E-state index contributed by atoms with van der Waals surface area (Å²) in [5, 5.41) is 3.28. The largest absolute Gasteiger partial charge is 0.492 e. The lowest BCUT2D eigenvalue weighted by molar-refractivity contribution is 0.325. The third-order valence-corrected chi connectivity index (χ3v) is 5.92. The zero-order chi connectivity index (χ0) is 22.5. The van der Waals surface area contributed by atoms with Gasteiger partial charge in [-0.1, -0.05) is 6.07 Å². The van der Waals surface area contributed by atoms with E-state index < -0.39 is 0 Å². The zero-order valence-electron chi connectivity index (χ0n) is 18.0. The van der Waals surface area contributed by atoms with Gasteiger partial charge in [-0.3, -0.25) is 0 Å². The number of thiazole rings is 1. The molecule has 5 aromatic rings. The number of nitrogens with one attached hydrogen (secondary N) is 1. The summed E-state index contributed by atoms with van der Waals surface area (Å²) in [5.74, 6) is 2.30. The SMILES string of the molecule is CN(CCOc1ccc(-c2ccnc(Nc3ccc4ncsc4c3)n2)cc1)c1ccccn1. The highest BCUT2D eigenvalue weighted by Crippen LogP contribution is 2.25. The van der Waals surface area contributed by atoms with E-state index in [-0.39, 0.29) is 0 Å². The van der Waals surface area contributed by atoms with E-state index in [1.54, 1.807) is 23.7 Å². The molecular weight excluding hydrogens is 432 g/mol. The summed E-state index contributed by atoms with van der Waals surface area (Å²) in [5.41, 5.74) is 5.61. The molecule has 3 aromatic heterocycles. The van der Waals surface area contributed by atoms with Gasteiger partial charge in [-0.05, 0) is 60.7 Å². The van der Waals surface area contributed by atoms with Crippen molar-refractivity contribution in [3.8, 4) is 17.0 Å². The fourth-order valence-electron chi connectivity index (χ4n) is 3.36. The lowest BCUT2D eigenvalue weighted by Gasteiger charge is -2.18. The van der Waals surface area contributed by atoms with E-state index in [1.807, 2.05) is 73.2 Å². The van der Waals surface area contributed by atoms with Crippen molar-refractivity contribution >= 4 is 39.0 Å². The molecule has 0 radical (unpaired) electrons. The molecule has 8 heteroatoms. The molecule has 0 amide bonds. The first-order chi connectivity index (χ1) is 16.2. The molecule has 0 aliphatic rings. The van der Waals surface area contributed by atoms with Gasteiger partial charge in [-0.25, -0.2) is 19.9 Å². The topological polar surface area (TPSA) is 76.1 Å². The Balaban J connectivity index is 1.21. The van der Waals surface area contributed by atoms with Crippen molar-refractivity contribution in [3.63, 3.8) is 0 Å². The number of hydrogen-bond acceptors (Lipinski definition) is 8. The molecular formula is C25H22N6OS. The maximum Gasteiger partial charge on any atom is 0.227 e. The van der Waals surface area contributed by atoms with Gasteiger partial charge in [0.05, 0.1) is 28.0 Å². The van der Waals surface area contributed by atoms with Crippen molar-refractivity contribution in [3.05, 3.63) is 84.6 Å². The summed E-state index contributed by atoms with van der Waals surface area (Å²) >= 11 is 1.61. The van der Waals surface area contributed by atoms with Crippen molar-refractivity contribution < 1.29 is 4.74 Å². The van der Waals surface area contributed by atoms with Crippen LogP contribution in [0.5, 0.6) is 5.75 Å². The Labute approximate surface area is 195 Å². The van der Waals surface area contributed by atoms with Crippen LogP contribution in [0.3, 0.4) is 0 Å². The summed E-state index contributed by atoms with van der Waals surface area (Å²) in [4.78, 5) is 19.7. The average Bonchev–Trinajstić information content (AvgIpc) is 3.33. The van der Waals surface area contributed by atoms with Gasteiger partial charge in [0, 0.05) is 30.7 Å². The maximum atomic E-state index is 5.90. The molecule has 0 saturated carbocycles. The van der Waals surface area contributed by atoms with Crippen molar-refractivity contribution in [1.29, 1.82) is 0 Å². The van der Waals surface area contributed by atoms with Crippen LogP contribution in [0.2, 0.25) is 0 Å². The van der Waals surface area contributed by atoms with Crippen LogP contribution in [0.4, 0.5) is 17.5 Å². The quantitative estimate of drug-likeness (QED) is 0.336. The van der Waals surface area contributed by atoms with Gasteiger partial charge in [0.1, 0.15) is 18.2 Å². The Morgan fingerprint density at radius 1 is 0.939 bits per heavy atom. The second-order valence-electron chi connectivity index (χ2n) is 7.41. The number of ether oxygens (including phenoxy) is 1. The minimum absolute atomic E-state index is 0.550. The summed E-state index contributed by atoms with van der Waals surface area (Å²) in [6, 6.07) is 21.7. The van der Waals surface area contributed by atoms with Gasteiger partial charge in [-0.15, -0.1) is 11.3 Å². The molecule has 0 saturated heterocycles. The molecule has 0 spiro atoms. The van der Waals surface area contributed by atoms with E-state index in [1.165, 1.54) is 0 Å². The first kappa shape index (κ1) is 20.8. The first-order valence-electron chi connectivity index (χ1n) is 10.5. The molecule has 164 valence electrons. The highest BCUT2D eigenvalue weighted by Gasteiger charge is 2.06. The van der Waals surface area contributed by atoms with Crippen LogP contribution in [0.25, 0.3) is 21.5 Å². The highest BCUT2D eigenvalue weighted by atomic mass is 32.1. The molecule has 1 N–H and O–H groups in total. The van der Waals surface area contributed by atoms with Crippen molar-refractivity contribution in [2.75, 3.05) is 30.4 Å². The van der Waals surface area contributed by atoms with Gasteiger partial charge in [0.2, 0.25) is 5.95 Å². The normalized spacial score (nSPS) is 10.8. The number of rotatable bonds is 8. The van der Waals surface area contributed by atoms with Crippen LogP contribution in [0, 0.1) is 0 Å². The molecule has 7 nitrogen and oxygen atoms in total. The number of benzene rings is 2. The minimum atomic E-state index is 0.550. The third kappa shape index (κ3) is 5.07. The molecule has 0 atom stereocenters. The van der Waals surface area contributed by atoms with Crippen LogP contribution in [-0.4, -0.2) is 40.1 Å². The summed E-state index contributed by atoms with van der Waals surface area (Å²) in [7, 11) is 2.00. The van der Waals surface area contributed by atoms with E-state index in [0.29, 0.717) is 12.6 Å². The van der Waals surface area contributed by atoms with E-state index >= 15 is 0 Å². The molecule has 0 bridgehead atoms. The lowest BCUT2D eigenvalue weighted by Crippen LogP contribution is -2.24. The molecule has 5 rings (SSSR count). The van der Waals surface area contributed by atoms with Crippen molar-refractivity contribution in [2.24, 2.45) is 0 Å². The molecule has 2 aromatic carbocycles. The fraction of sp³-hybridized carbons (Fsp3) is 0.120. The third-order valence-electron chi connectivity index (χ3n) is 5.13. The lowest BCUT2D eigenvalue weighted by atomic mass is 10.1. The fourth-order valence-corrected chi connectivity index (χ4v) is 4.07. The Hall–Kier alpha value is -4.04. The average molecular weight is 455 g/mol. The van der Waals surface area contributed by atoms with Crippen LogP contribution in [-0.2, 0) is 0 Å². The standard InChI is InChI=1S/C25H22N6OS/c1-31(24-4-2-3-12-26-24)14-15-32-20-8-5-18(6-9-20)21-11-13-27-25(30-21)29-19-7-10-22-23(16-19)33-17-28-22/h2-13,16-17H,14-15H2,1H3,(H,27,29,30). The number of nitrogens with zero attached hydrogens (tertiary/aromatic N) is 5. The second-order valence-corrected chi connectivity index (χ2v) is 8.29. The van der Waals surface area contributed by atoms with Gasteiger partial charge >= 0.3 is 0 Å². The Morgan fingerprint density at radius 2 is 1.85 bits per heavy atom. The van der Waals surface area contributed by atoms with Crippen LogP contribution >= 0.6 is 11.3 Å². The van der Waals surface area contributed by atoms with Gasteiger partial charge in [0.25, 0.3) is 0 Å². The van der Waals surface area contributed by atoms with Gasteiger partial charge in [0.15, 0.2) is 0 Å². The molecule has 3 heterocycles. The van der Waals surface area contributed by atoms with Crippen LogP contribution < -0.4 is 15.0 Å². The van der Waals surface area contributed by atoms with Gasteiger partial charge in [-0.2, -0.15) is 0 Å². The Kier molecular flexibility index (Phi) is 6.08. The summed E-state index contributed by atoms with van der Waals surface area (Å²) in [6.07, 6.45) is 3.55. The van der Waals surface area contributed by atoms with E-state index in [0.717, 1.165) is 45.3 Å². The van der Waals surface area contributed by atoms with E-state index in [9.17, 15) is 0 Å². The molecule has 0 unspecified atom stereocenters. The molecule has 0 aliphatic carbocycles. The van der Waals surface area contributed by atoms with E-state index in [4.69, 9.17) is 4.74 Å². The van der Waals surface area contributed by atoms with Gasteiger partial charge < -0.3 is 15.0 Å². The minimum Gasteiger partial charge on any atom is -0.492 e. The number of fused-ring (bicyclic) bond motifs is 1. The zero-order valence-corrected chi connectivity index (χ0v) is 18.9. The highest BCUT2D eigenvalue weighted by molar-refractivity contribution is 7.16.